The lowest BCUT2D eigenvalue weighted by Crippen LogP contribution is -2.17. The van der Waals surface area contributed by atoms with Crippen molar-refractivity contribution in [2.75, 3.05) is 5.32 Å². The summed E-state index contributed by atoms with van der Waals surface area (Å²) in [7, 11) is -3.93. The van der Waals surface area contributed by atoms with Gasteiger partial charge in [0, 0.05) is 16.0 Å². The molecule has 0 aliphatic heterocycles. The van der Waals surface area contributed by atoms with Crippen molar-refractivity contribution < 1.29 is 17.6 Å². The summed E-state index contributed by atoms with van der Waals surface area (Å²) in [6.07, 6.45) is 0. The lowest BCUT2D eigenvalue weighted by molar-refractivity contribution is 0.102. The maximum Gasteiger partial charge on any atom is 0.257 e. The van der Waals surface area contributed by atoms with E-state index in [0.29, 0.717) is 16.4 Å². The SMILES string of the molecule is Cc1ccc(C(=O)Nc2nc(-c3ccc(F)cc3)c(C)s2)cc1S(N)(=O)=O. The summed E-state index contributed by atoms with van der Waals surface area (Å²) in [6.45, 7) is 3.44. The average molecular weight is 405 g/mol. The molecule has 1 heterocycles. The van der Waals surface area contributed by atoms with Gasteiger partial charge in [-0.1, -0.05) is 6.07 Å². The first-order valence-corrected chi connectivity index (χ1v) is 10.2. The lowest BCUT2D eigenvalue weighted by atomic mass is 10.1. The summed E-state index contributed by atoms with van der Waals surface area (Å²) in [6, 6.07) is 10.2. The van der Waals surface area contributed by atoms with Gasteiger partial charge in [-0.05, 0) is 55.8 Å². The zero-order chi connectivity index (χ0) is 19.8. The Hall–Kier alpha value is -2.62. The van der Waals surface area contributed by atoms with Crippen LogP contribution >= 0.6 is 11.3 Å². The fourth-order valence-electron chi connectivity index (χ4n) is 2.54. The first-order valence-electron chi connectivity index (χ1n) is 7.83. The highest BCUT2D eigenvalue weighted by molar-refractivity contribution is 7.89. The van der Waals surface area contributed by atoms with Crippen molar-refractivity contribution in [3.63, 3.8) is 0 Å². The minimum Gasteiger partial charge on any atom is -0.298 e. The number of aromatic nitrogens is 1. The molecule has 0 unspecified atom stereocenters. The first kappa shape index (κ1) is 19.2. The Kier molecular flexibility index (Phi) is 5.09. The summed E-state index contributed by atoms with van der Waals surface area (Å²) in [5.74, 6) is -0.843. The van der Waals surface area contributed by atoms with Gasteiger partial charge in [-0.2, -0.15) is 0 Å². The molecule has 0 aliphatic rings. The van der Waals surface area contributed by atoms with E-state index in [9.17, 15) is 17.6 Å². The van der Waals surface area contributed by atoms with Gasteiger partial charge in [0.15, 0.2) is 5.13 Å². The molecule has 0 saturated heterocycles. The van der Waals surface area contributed by atoms with Gasteiger partial charge in [-0.25, -0.2) is 22.9 Å². The zero-order valence-electron chi connectivity index (χ0n) is 14.5. The predicted octanol–water partition coefficient (Wildman–Crippen LogP) is 3.47. The van der Waals surface area contributed by atoms with Crippen LogP contribution in [0.5, 0.6) is 0 Å². The predicted molar refractivity (Wildman–Crippen MR) is 103 cm³/mol. The second-order valence-corrected chi connectivity index (χ2v) is 8.64. The molecule has 0 radical (unpaired) electrons. The number of sulfonamides is 1. The largest absolute Gasteiger partial charge is 0.298 e. The van der Waals surface area contributed by atoms with Crippen LogP contribution in [0, 0.1) is 19.7 Å². The molecule has 3 rings (SSSR count). The first-order chi connectivity index (χ1) is 12.6. The van der Waals surface area contributed by atoms with Crippen LogP contribution in [-0.4, -0.2) is 19.3 Å². The van der Waals surface area contributed by atoms with Crippen LogP contribution in [0.4, 0.5) is 9.52 Å². The van der Waals surface area contributed by atoms with E-state index in [0.717, 1.165) is 10.4 Å². The standard InChI is InChI=1S/C18H16FN3O3S2/c1-10-3-4-13(9-15(10)27(20,24)25)17(23)22-18-21-16(11(2)26-18)12-5-7-14(19)8-6-12/h3-9H,1-2H3,(H2,20,24,25)(H,21,22,23). The van der Waals surface area contributed by atoms with Gasteiger partial charge in [0.2, 0.25) is 10.0 Å². The molecule has 0 aliphatic carbocycles. The van der Waals surface area contributed by atoms with E-state index < -0.39 is 15.9 Å². The van der Waals surface area contributed by atoms with Crippen molar-refractivity contribution in [3.8, 4) is 11.3 Å². The third-order valence-corrected chi connectivity index (χ3v) is 5.83. The minimum absolute atomic E-state index is 0.0996. The minimum atomic E-state index is -3.93. The number of primary sulfonamides is 1. The summed E-state index contributed by atoms with van der Waals surface area (Å²) >= 11 is 1.27. The topological polar surface area (TPSA) is 102 Å². The van der Waals surface area contributed by atoms with Crippen molar-refractivity contribution in [2.45, 2.75) is 18.7 Å². The van der Waals surface area contributed by atoms with E-state index in [2.05, 4.69) is 10.3 Å². The Morgan fingerprint density at radius 1 is 1.15 bits per heavy atom. The van der Waals surface area contributed by atoms with Gasteiger partial charge in [0.1, 0.15) is 5.82 Å². The van der Waals surface area contributed by atoms with Crippen molar-refractivity contribution >= 4 is 32.4 Å². The molecule has 140 valence electrons. The van der Waals surface area contributed by atoms with E-state index in [1.165, 1.54) is 41.7 Å². The number of carbonyl (C=O) groups is 1. The molecule has 3 N–H and O–H groups in total. The highest BCUT2D eigenvalue weighted by Gasteiger charge is 2.17. The maximum atomic E-state index is 13.1. The Bertz CT molecular complexity index is 1120. The van der Waals surface area contributed by atoms with Crippen molar-refractivity contribution in [1.82, 2.24) is 4.98 Å². The molecule has 27 heavy (non-hydrogen) atoms. The Labute approximate surface area is 159 Å². The van der Waals surface area contributed by atoms with E-state index in [1.54, 1.807) is 19.1 Å². The summed E-state index contributed by atoms with van der Waals surface area (Å²) in [4.78, 5) is 17.6. The Morgan fingerprint density at radius 2 is 1.81 bits per heavy atom. The van der Waals surface area contributed by atoms with Crippen LogP contribution in [0.3, 0.4) is 0 Å². The van der Waals surface area contributed by atoms with E-state index in [4.69, 9.17) is 5.14 Å². The normalized spacial score (nSPS) is 11.4. The van der Waals surface area contributed by atoms with Crippen LogP contribution in [0.15, 0.2) is 47.4 Å². The van der Waals surface area contributed by atoms with Crippen LogP contribution < -0.4 is 10.5 Å². The molecule has 2 aromatic carbocycles. The fourth-order valence-corrected chi connectivity index (χ4v) is 4.18. The van der Waals surface area contributed by atoms with E-state index >= 15 is 0 Å². The number of halogens is 1. The number of thiazole rings is 1. The number of rotatable bonds is 4. The molecule has 0 spiro atoms. The Balaban J connectivity index is 1.87. The maximum absolute atomic E-state index is 13.1. The number of anilines is 1. The number of nitrogens with two attached hydrogens (primary N) is 1. The average Bonchev–Trinajstić information content (AvgIpc) is 2.95. The number of hydrogen-bond acceptors (Lipinski definition) is 5. The molecular weight excluding hydrogens is 389 g/mol. The molecular formula is C18H16FN3O3S2. The lowest BCUT2D eigenvalue weighted by Gasteiger charge is -2.07. The molecule has 0 fully saturated rings. The quantitative estimate of drug-likeness (QED) is 0.694. The summed E-state index contributed by atoms with van der Waals surface area (Å²) in [5, 5.41) is 8.19. The van der Waals surface area contributed by atoms with Crippen LogP contribution in [0.2, 0.25) is 0 Å². The number of aryl methyl sites for hydroxylation is 2. The van der Waals surface area contributed by atoms with Crippen molar-refractivity contribution in [2.24, 2.45) is 5.14 Å². The highest BCUT2D eigenvalue weighted by Crippen LogP contribution is 2.30. The third kappa shape index (κ3) is 4.21. The highest BCUT2D eigenvalue weighted by atomic mass is 32.2. The van der Waals surface area contributed by atoms with Gasteiger partial charge in [-0.3, -0.25) is 10.1 Å². The molecule has 1 aromatic heterocycles. The second-order valence-electron chi connectivity index (χ2n) is 5.91. The van der Waals surface area contributed by atoms with Gasteiger partial charge < -0.3 is 0 Å². The number of carbonyl (C=O) groups excluding carboxylic acids is 1. The summed E-state index contributed by atoms with van der Waals surface area (Å²) in [5.41, 5.74) is 1.99. The van der Waals surface area contributed by atoms with Gasteiger partial charge in [0.05, 0.1) is 10.6 Å². The molecule has 0 saturated carbocycles. The van der Waals surface area contributed by atoms with E-state index in [1.807, 2.05) is 6.92 Å². The smallest absolute Gasteiger partial charge is 0.257 e. The van der Waals surface area contributed by atoms with Gasteiger partial charge in [0.25, 0.3) is 5.91 Å². The fraction of sp³-hybridized carbons (Fsp3) is 0.111. The van der Waals surface area contributed by atoms with Crippen LogP contribution in [0.25, 0.3) is 11.3 Å². The monoisotopic (exact) mass is 405 g/mol. The van der Waals surface area contributed by atoms with Crippen molar-refractivity contribution in [3.05, 3.63) is 64.3 Å². The zero-order valence-corrected chi connectivity index (χ0v) is 16.1. The number of nitrogens with one attached hydrogen (secondary N) is 1. The van der Waals surface area contributed by atoms with Gasteiger partial charge >= 0.3 is 0 Å². The second kappa shape index (κ2) is 7.18. The molecule has 0 atom stereocenters. The molecule has 0 bridgehead atoms. The molecule has 1 amide bonds. The Morgan fingerprint density at radius 3 is 2.44 bits per heavy atom. The number of hydrogen-bond donors (Lipinski definition) is 2. The summed E-state index contributed by atoms with van der Waals surface area (Å²) < 4.78 is 36.3. The third-order valence-electron chi connectivity index (χ3n) is 3.89. The van der Waals surface area contributed by atoms with E-state index in [-0.39, 0.29) is 16.3 Å². The number of amides is 1. The number of nitrogens with zero attached hydrogens (tertiary/aromatic N) is 1. The molecule has 3 aromatic rings. The van der Waals surface area contributed by atoms with Crippen LogP contribution in [0.1, 0.15) is 20.8 Å². The molecule has 6 nitrogen and oxygen atoms in total. The molecule has 9 heteroatoms. The number of benzene rings is 2. The van der Waals surface area contributed by atoms with Gasteiger partial charge in [-0.15, -0.1) is 11.3 Å². The van der Waals surface area contributed by atoms with Crippen LogP contribution in [-0.2, 0) is 10.0 Å². The van der Waals surface area contributed by atoms with Crippen molar-refractivity contribution in [1.29, 1.82) is 0 Å².